The van der Waals surface area contributed by atoms with E-state index in [1.807, 2.05) is 72.8 Å². The highest BCUT2D eigenvalue weighted by atomic mass is 16.3. The van der Waals surface area contributed by atoms with Crippen LogP contribution >= 0.6 is 0 Å². The van der Waals surface area contributed by atoms with Crippen molar-refractivity contribution in [3.8, 4) is 11.8 Å². The topological polar surface area (TPSA) is 50.4 Å². The van der Waals surface area contributed by atoms with E-state index < -0.39 is 5.60 Å². The van der Waals surface area contributed by atoms with Gasteiger partial charge in [0.25, 0.3) is 0 Å². The van der Waals surface area contributed by atoms with Crippen molar-refractivity contribution in [2.75, 3.05) is 0 Å². The Morgan fingerprint density at radius 2 is 1.55 bits per heavy atom. The first-order valence-electron chi connectivity index (χ1n) is 10.1. The standard InChI is InChI=1S/C28H16O3/c29-26-21-12-6-7-13-22(21)28(30,17-16-18-8-2-1-3-9-18)25-24-20-11-5-4-10-19(20)14-15-23(24)31-27(25)26/h1-15,30H/t28-/m1/s1. The summed E-state index contributed by atoms with van der Waals surface area (Å²) in [5.74, 6) is 6.09. The summed E-state index contributed by atoms with van der Waals surface area (Å²) in [6, 6.07) is 28.2. The Bertz CT molecular complexity index is 1560. The molecular formula is C28H16O3. The van der Waals surface area contributed by atoms with Crippen LogP contribution in [0.4, 0.5) is 0 Å². The SMILES string of the molecule is O=C1c2ccccc2[C@](O)(C#Cc2ccccc2)c2c1oc1ccc3ccccc3c21. The number of carbonyl (C=O) groups excluding carboxylic acids is 1. The molecule has 1 atom stereocenters. The van der Waals surface area contributed by atoms with E-state index in [9.17, 15) is 9.90 Å². The molecule has 0 radical (unpaired) electrons. The van der Waals surface area contributed by atoms with Crippen molar-refractivity contribution in [2.24, 2.45) is 0 Å². The van der Waals surface area contributed by atoms with Gasteiger partial charge in [-0.3, -0.25) is 4.79 Å². The molecule has 31 heavy (non-hydrogen) atoms. The average Bonchev–Trinajstić information content (AvgIpc) is 3.24. The van der Waals surface area contributed by atoms with E-state index in [1.165, 1.54) is 0 Å². The summed E-state index contributed by atoms with van der Waals surface area (Å²) in [7, 11) is 0. The minimum absolute atomic E-state index is 0.148. The van der Waals surface area contributed by atoms with Crippen molar-refractivity contribution >= 4 is 27.5 Å². The van der Waals surface area contributed by atoms with Gasteiger partial charge in [0.05, 0.1) is 5.56 Å². The second-order valence-electron chi connectivity index (χ2n) is 7.67. The van der Waals surface area contributed by atoms with Crippen LogP contribution in [0.3, 0.4) is 0 Å². The average molecular weight is 400 g/mol. The zero-order chi connectivity index (χ0) is 21.0. The van der Waals surface area contributed by atoms with Crippen molar-refractivity contribution in [2.45, 2.75) is 5.60 Å². The molecule has 3 heteroatoms. The van der Waals surface area contributed by atoms with E-state index in [-0.39, 0.29) is 11.5 Å². The molecule has 0 fully saturated rings. The van der Waals surface area contributed by atoms with Gasteiger partial charge in [0, 0.05) is 22.1 Å². The summed E-state index contributed by atoms with van der Waals surface area (Å²) in [6.07, 6.45) is 0. The number of aliphatic hydroxyl groups is 1. The van der Waals surface area contributed by atoms with Crippen LogP contribution in [0.25, 0.3) is 21.7 Å². The van der Waals surface area contributed by atoms with E-state index in [0.717, 1.165) is 21.7 Å². The van der Waals surface area contributed by atoms with Crippen molar-refractivity contribution in [1.82, 2.24) is 0 Å². The van der Waals surface area contributed by atoms with E-state index in [1.54, 1.807) is 18.2 Å². The number of benzene rings is 4. The fourth-order valence-electron chi connectivity index (χ4n) is 4.44. The maximum atomic E-state index is 13.3. The fraction of sp³-hybridized carbons (Fsp3) is 0.0357. The minimum Gasteiger partial charge on any atom is -0.452 e. The molecule has 1 aliphatic rings. The normalized spacial score (nSPS) is 17.1. The Kier molecular flexibility index (Phi) is 3.67. The summed E-state index contributed by atoms with van der Waals surface area (Å²) >= 11 is 0. The first kappa shape index (κ1) is 17.7. The molecule has 0 saturated carbocycles. The number of hydrogen-bond donors (Lipinski definition) is 1. The number of rotatable bonds is 0. The third-order valence-corrected chi connectivity index (χ3v) is 5.87. The van der Waals surface area contributed by atoms with Crippen molar-refractivity contribution in [1.29, 1.82) is 0 Å². The lowest BCUT2D eigenvalue weighted by molar-refractivity contribution is 0.0950. The van der Waals surface area contributed by atoms with Gasteiger partial charge in [-0.05, 0) is 29.0 Å². The molecule has 0 spiro atoms. The van der Waals surface area contributed by atoms with Gasteiger partial charge < -0.3 is 9.52 Å². The summed E-state index contributed by atoms with van der Waals surface area (Å²) in [4.78, 5) is 13.3. The highest BCUT2D eigenvalue weighted by Crippen LogP contribution is 2.46. The fourth-order valence-corrected chi connectivity index (χ4v) is 4.44. The van der Waals surface area contributed by atoms with Crippen LogP contribution in [0.5, 0.6) is 0 Å². The second-order valence-corrected chi connectivity index (χ2v) is 7.67. The quantitative estimate of drug-likeness (QED) is 0.353. The smallest absolute Gasteiger partial charge is 0.229 e. The van der Waals surface area contributed by atoms with E-state index in [0.29, 0.717) is 22.3 Å². The predicted octanol–water partition coefficient (Wildman–Crippen LogP) is 5.42. The molecule has 4 aromatic carbocycles. The summed E-state index contributed by atoms with van der Waals surface area (Å²) in [5, 5.41) is 14.8. The predicted molar refractivity (Wildman–Crippen MR) is 120 cm³/mol. The Balaban J connectivity index is 1.75. The molecule has 0 bridgehead atoms. The zero-order valence-electron chi connectivity index (χ0n) is 16.4. The molecule has 3 nitrogen and oxygen atoms in total. The lowest BCUT2D eigenvalue weighted by Crippen LogP contribution is -2.33. The molecule has 6 rings (SSSR count). The number of carbonyl (C=O) groups is 1. The van der Waals surface area contributed by atoms with Crippen molar-refractivity contribution in [3.05, 3.63) is 119 Å². The van der Waals surface area contributed by atoms with Crippen LogP contribution in [0, 0.1) is 11.8 Å². The Hall–Kier alpha value is -4.13. The number of fused-ring (bicyclic) bond motifs is 6. The zero-order valence-corrected chi connectivity index (χ0v) is 16.4. The highest BCUT2D eigenvalue weighted by Gasteiger charge is 2.45. The molecule has 0 amide bonds. The Labute approximate surface area is 178 Å². The van der Waals surface area contributed by atoms with Crippen LogP contribution in [0.1, 0.15) is 32.8 Å². The number of ketones is 1. The first-order valence-corrected chi connectivity index (χ1v) is 10.1. The lowest BCUT2D eigenvalue weighted by Gasteiger charge is -2.29. The molecule has 1 N–H and O–H groups in total. The van der Waals surface area contributed by atoms with Crippen LogP contribution < -0.4 is 0 Å². The summed E-state index contributed by atoms with van der Waals surface area (Å²) in [6.45, 7) is 0. The molecular weight excluding hydrogens is 384 g/mol. The van der Waals surface area contributed by atoms with E-state index >= 15 is 0 Å². The maximum absolute atomic E-state index is 13.3. The van der Waals surface area contributed by atoms with Gasteiger partial charge in [-0.2, -0.15) is 0 Å². The van der Waals surface area contributed by atoms with Gasteiger partial charge in [-0.25, -0.2) is 0 Å². The van der Waals surface area contributed by atoms with E-state index in [2.05, 4.69) is 11.8 Å². The summed E-state index contributed by atoms with van der Waals surface area (Å²) < 4.78 is 6.04. The maximum Gasteiger partial charge on any atom is 0.229 e. The van der Waals surface area contributed by atoms with Gasteiger partial charge in [0.15, 0.2) is 11.4 Å². The third kappa shape index (κ3) is 2.49. The van der Waals surface area contributed by atoms with Gasteiger partial charge in [-0.15, -0.1) is 0 Å². The van der Waals surface area contributed by atoms with E-state index in [4.69, 9.17) is 4.42 Å². The molecule has 5 aromatic rings. The summed E-state index contributed by atoms with van der Waals surface area (Å²) in [5.41, 5.74) is 0.959. The molecule has 0 saturated heterocycles. The molecule has 1 heterocycles. The van der Waals surface area contributed by atoms with Gasteiger partial charge in [-0.1, -0.05) is 84.6 Å². The minimum atomic E-state index is -1.69. The lowest BCUT2D eigenvalue weighted by atomic mass is 9.75. The number of furan rings is 1. The second kappa shape index (κ2) is 6.43. The molecule has 1 aromatic heterocycles. The van der Waals surface area contributed by atoms with Crippen LogP contribution in [0.15, 0.2) is 95.4 Å². The van der Waals surface area contributed by atoms with Crippen molar-refractivity contribution in [3.63, 3.8) is 0 Å². The van der Waals surface area contributed by atoms with Crippen LogP contribution in [-0.2, 0) is 5.60 Å². The Morgan fingerprint density at radius 3 is 2.42 bits per heavy atom. The Morgan fingerprint density at radius 1 is 0.806 bits per heavy atom. The number of hydrogen-bond acceptors (Lipinski definition) is 3. The largest absolute Gasteiger partial charge is 0.452 e. The van der Waals surface area contributed by atoms with Crippen LogP contribution in [-0.4, -0.2) is 10.9 Å². The van der Waals surface area contributed by atoms with Gasteiger partial charge in [0.1, 0.15) is 5.58 Å². The molecule has 0 aliphatic heterocycles. The molecule has 1 aliphatic carbocycles. The van der Waals surface area contributed by atoms with Crippen LogP contribution in [0.2, 0.25) is 0 Å². The van der Waals surface area contributed by atoms with Gasteiger partial charge >= 0.3 is 0 Å². The van der Waals surface area contributed by atoms with Crippen molar-refractivity contribution < 1.29 is 14.3 Å². The van der Waals surface area contributed by atoms with Gasteiger partial charge in [0.2, 0.25) is 5.78 Å². The monoisotopic (exact) mass is 400 g/mol. The molecule has 146 valence electrons. The highest BCUT2D eigenvalue weighted by molar-refractivity contribution is 6.18. The molecule has 0 unspecified atom stereocenters. The third-order valence-electron chi connectivity index (χ3n) is 5.87. The first-order chi connectivity index (χ1) is 15.2.